The number of ether oxygens (including phenoxy) is 1. The number of anilines is 2. The number of aromatic nitrogens is 3. The molecule has 0 saturated heterocycles. The lowest BCUT2D eigenvalue weighted by atomic mass is 10.2. The van der Waals surface area contributed by atoms with Crippen LogP contribution in [-0.4, -0.2) is 33.9 Å². The monoisotopic (exact) mass is 415 g/mol. The van der Waals surface area contributed by atoms with E-state index in [4.69, 9.17) is 9.57 Å². The molecule has 3 rings (SSSR count). The maximum atomic E-state index is 14.3. The van der Waals surface area contributed by atoms with Crippen molar-refractivity contribution in [3.05, 3.63) is 60.4 Å². The lowest BCUT2D eigenvalue weighted by Crippen LogP contribution is -2.27. The predicted molar refractivity (Wildman–Crippen MR) is 114 cm³/mol. The molecule has 0 saturated carbocycles. The smallest absolute Gasteiger partial charge is 0.293 e. The number of fused-ring (bicyclic) bond motifs is 1. The molecule has 160 valence electrons. The Morgan fingerprint density at radius 3 is 2.77 bits per heavy atom. The van der Waals surface area contributed by atoms with E-state index in [0.717, 1.165) is 5.56 Å². The van der Waals surface area contributed by atoms with E-state index in [0.29, 0.717) is 16.7 Å². The molecule has 0 spiro atoms. The largest absolute Gasteiger partial charge is 0.499 e. The maximum Gasteiger partial charge on any atom is 0.293 e. The molecule has 1 amide bonds. The zero-order valence-corrected chi connectivity index (χ0v) is 17.5. The fourth-order valence-corrected chi connectivity index (χ4v) is 2.75. The second-order valence-corrected chi connectivity index (χ2v) is 5.97. The predicted octanol–water partition coefficient (Wildman–Crippen LogP) is 4.01. The molecule has 2 aromatic heterocycles. The first-order valence-electron chi connectivity index (χ1n) is 9.50. The second-order valence-electron chi connectivity index (χ2n) is 5.97. The molecular formula is C21H26FN5O3. The Labute approximate surface area is 174 Å². The number of aryl methyl sites for hydroxylation is 2. The van der Waals surface area contributed by atoms with E-state index >= 15 is 0 Å². The summed E-state index contributed by atoms with van der Waals surface area (Å²) in [5.74, 6) is -0.959. The van der Waals surface area contributed by atoms with E-state index in [1.807, 2.05) is 13.8 Å². The van der Waals surface area contributed by atoms with Crippen molar-refractivity contribution < 1.29 is 18.8 Å². The fourth-order valence-electron chi connectivity index (χ4n) is 2.75. The van der Waals surface area contributed by atoms with Crippen molar-refractivity contribution in [1.29, 1.82) is 0 Å². The molecule has 0 atom stereocenters. The highest BCUT2D eigenvalue weighted by molar-refractivity contribution is 6.08. The number of nitrogens with one attached hydrogen (secondary N) is 2. The molecule has 0 aliphatic carbocycles. The number of carbonyl (C=O) groups excluding carboxylic acids is 1. The Hall–Kier alpha value is -3.46. The van der Waals surface area contributed by atoms with Gasteiger partial charge in [-0.1, -0.05) is 26.5 Å². The third-order valence-electron chi connectivity index (χ3n) is 4.06. The minimum atomic E-state index is -0.519. The van der Waals surface area contributed by atoms with Crippen LogP contribution in [-0.2, 0) is 16.6 Å². The average molecular weight is 415 g/mol. The summed E-state index contributed by atoms with van der Waals surface area (Å²) in [5.41, 5.74) is 5.01. The summed E-state index contributed by atoms with van der Waals surface area (Å²) in [7, 11) is 1.70. The van der Waals surface area contributed by atoms with Crippen molar-refractivity contribution in [3.8, 4) is 0 Å². The Balaban J connectivity index is 0.00000155. The molecule has 0 radical (unpaired) electrons. The zero-order valence-electron chi connectivity index (χ0n) is 17.5. The molecule has 2 heterocycles. The standard InChI is InChI=1S/C19H20FN5O3.C2H6/c1-4-27-9-10-28-24-19(26)18-17(16-15(25(18)3)7-8-21-23-16)22-14-6-5-12(2)11-13(14)20;1-2/h4-8,11,22H,1,9-10H2,2-3H3,(H,24,26);1-2H3. The van der Waals surface area contributed by atoms with Crippen LogP contribution in [0.25, 0.3) is 11.0 Å². The van der Waals surface area contributed by atoms with E-state index in [1.54, 1.807) is 36.7 Å². The summed E-state index contributed by atoms with van der Waals surface area (Å²) in [6, 6.07) is 6.49. The molecule has 2 N–H and O–H groups in total. The number of hydrogen-bond acceptors (Lipinski definition) is 6. The topological polar surface area (TPSA) is 90.3 Å². The van der Waals surface area contributed by atoms with Gasteiger partial charge in [0.05, 0.1) is 29.4 Å². The molecule has 1 aromatic carbocycles. The number of halogens is 1. The molecule has 30 heavy (non-hydrogen) atoms. The van der Waals surface area contributed by atoms with E-state index < -0.39 is 11.7 Å². The summed E-state index contributed by atoms with van der Waals surface area (Å²) in [6.07, 6.45) is 2.80. The number of hydrogen-bond donors (Lipinski definition) is 2. The molecule has 8 nitrogen and oxygen atoms in total. The molecule has 3 aromatic rings. The van der Waals surface area contributed by atoms with E-state index in [-0.39, 0.29) is 24.6 Å². The SMILES string of the molecule is C=COCCONC(=O)c1c(Nc2ccc(C)cc2F)c2nnccc2n1C.CC. The van der Waals surface area contributed by atoms with Crippen molar-refractivity contribution >= 4 is 28.3 Å². The van der Waals surface area contributed by atoms with Crippen LogP contribution in [0.5, 0.6) is 0 Å². The zero-order chi connectivity index (χ0) is 22.1. The minimum absolute atomic E-state index is 0.136. The van der Waals surface area contributed by atoms with Gasteiger partial charge >= 0.3 is 0 Å². The average Bonchev–Trinajstić information content (AvgIpc) is 3.03. The summed E-state index contributed by atoms with van der Waals surface area (Å²) in [6.45, 7) is 9.59. The number of rotatable bonds is 8. The van der Waals surface area contributed by atoms with Gasteiger partial charge in [-0.15, -0.1) is 5.10 Å². The van der Waals surface area contributed by atoms with Crippen LogP contribution in [0.15, 0.2) is 43.3 Å². The highest BCUT2D eigenvalue weighted by atomic mass is 19.1. The van der Waals surface area contributed by atoms with Crippen LogP contribution in [0.4, 0.5) is 15.8 Å². The summed E-state index contributed by atoms with van der Waals surface area (Å²) < 4.78 is 20.9. The highest BCUT2D eigenvalue weighted by Crippen LogP contribution is 2.32. The van der Waals surface area contributed by atoms with Crippen molar-refractivity contribution in [3.63, 3.8) is 0 Å². The van der Waals surface area contributed by atoms with Gasteiger partial charge in [-0.25, -0.2) is 9.87 Å². The first kappa shape index (κ1) is 22.8. The number of hydroxylamine groups is 1. The first-order valence-corrected chi connectivity index (χ1v) is 9.50. The van der Waals surface area contributed by atoms with Crippen LogP contribution in [0.1, 0.15) is 29.9 Å². The number of amides is 1. The third-order valence-corrected chi connectivity index (χ3v) is 4.06. The highest BCUT2D eigenvalue weighted by Gasteiger charge is 2.23. The van der Waals surface area contributed by atoms with Crippen LogP contribution in [0, 0.1) is 12.7 Å². The van der Waals surface area contributed by atoms with E-state index in [1.165, 1.54) is 18.5 Å². The maximum absolute atomic E-state index is 14.3. The molecule has 0 aliphatic rings. The Morgan fingerprint density at radius 1 is 1.30 bits per heavy atom. The number of nitrogens with zero attached hydrogens (tertiary/aromatic N) is 3. The van der Waals surface area contributed by atoms with Gasteiger partial charge in [0, 0.05) is 7.05 Å². The lowest BCUT2D eigenvalue weighted by molar-refractivity contribution is 0.0140. The third kappa shape index (κ3) is 5.12. The van der Waals surface area contributed by atoms with Crippen LogP contribution in [0.2, 0.25) is 0 Å². The van der Waals surface area contributed by atoms with Crippen molar-refractivity contribution in [2.24, 2.45) is 7.05 Å². The normalized spacial score (nSPS) is 10.2. The van der Waals surface area contributed by atoms with Gasteiger partial charge in [-0.2, -0.15) is 5.10 Å². The molecule has 0 fully saturated rings. The van der Waals surface area contributed by atoms with Gasteiger partial charge in [0.25, 0.3) is 5.91 Å². The van der Waals surface area contributed by atoms with Crippen LogP contribution < -0.4 is 10.8 Å². The van der Waals surface area contributed by atoms with Gasteiger partial charge < -0.3 is 14.6 Å². The Morgan fingerprint density at radius 2 is 2.07 bits per heavy atom. The van der Waals surface area contributed by atoms with E-state index in [9.17, 15) is 9.18 Å². The van der Waals surface area contributed by atoms with Crippen molar-refractivity contribution in [2.45, 2.75) is 20.8 Å². The molecular weight excluding hydrogens is 389 g/mol. The first-order chi connectivity index (χ1) is 14.5. The van der Waals surface area contributed by atoms with Gasteiger partial charge in [-0.3, -0.25) is 9.63 Å². The summed E-state index contributed by atoms with van der Waals surface area (Å²) in [5, 5.41) is 10.9. The number of benzene rings is 1. The Bertz CT molecular complexity index is 1020. The lowest BCUT2D eigenvalue weighted by Gasteiger charge is -2.11. The second kappa shape index (κ2) is 10.9. The molecule has 0 bridgehead atoms. The van der Waals surface area contributed by atoms with Crippen molar-refractivity contribution in [2.75, 3.05) is 18.5 Å². The van der Waals surface area contributed by atoms with Crippen molar-refractivity contribution in [1.82, 2.24) is 20.2 Å². The van der Waals surface area contributed by atoms with Crippen LogP contribution in [0.3, 0.4) is 0 Å². The van der Waals surface area contributed by atoms with Crippen LogP contribution >= 0.6 is 0 Å². The van der Waals surface area contributed by atoms with Gasteiger partial charge in [0.2, 0.25) is 0 Å². The number of carbonyl (C=O) groups is 1. The van der Waals surface area contributed by atoms with Gasteiger partial charge in [-0.05, 0) is 30.7 Å². The fraction of sp³-hybridized carbons (Fsp3) is 0.286. The molecule has 9 heteroatoms. The Kier molecular flexibility index (Phi) is 8.30. The summed E-state index contributed by atoms with van der Waals surface area (Å²) in [4.78, 5) is 17.8. The van der Waals surface area contributed by atoms with E-state index in [2.05, 4.69) is 27.6 Å². The molecule has 0 unspecified atom stereocenters. The quantitative estimate of drug-likeness (QED) is 0.328. The molecule has 0 aliphatic heterocycles. The summed E-state index contributed by atoms with van der Waals surface area (Å²) >= 11 is 0. The van der Waals surface area contributed by atoms with Gasteiger partial charge in [0.1, 0.15) is 30.2 Å². The minimum Gasteiger partial charge on any atom is -0.499 e. The van der Waals surface area contributed by atoms with Gasteiger partial charge in [0.15, 0.2) is 0 Å².